The van der Waals surface area contributed by atoms with Gasteiger partial charge in [0.05, 0.1) is 14.2 Å². The van der Waals surface area contributed by atoms with E-state index in [0.717, 1.165) is 49.3 Å². The van der Waals surface area contributed by atoms with E-state index in [1.165, 1.54) is 71.8 Å². The van der Waals surface area contributed by atoms with Crippen molar-refractivity contribution in [2.24, 2.45) is 0 Å². The van der Waals surface area contributed by atoms with Gasteiger partial charge >= 0.3 is 0 Å². The Hall–Kier alpha value is -2.70. The van der Waals surface area contributed by atoms with Crippen LogP contribution in [0.25, 0.3) is 0 Å². The number of ether oxygens (including phenoxy) is 2. The zero-order valence-electron chi connectivity index (χ0n) is 23.8. The number of nitrogens with one attached hydrogen (secondary N) is 1. The lowest BCUT2D eigenvalue weighted by Gasteiger charge is -2.29. The molecule has 2 atom stereocenters. The number of hydrogen-bond donors (Lipinski definition) is 2. The zero-order valence-corrected chi connectivity index (χ0v) is 24.6. The van der Waals surface area contributed by atoms with Gasteiger partial charge in [-0.05, 0) is 111 Å². The molecule has 0 amide bonds. The Bertz CT molecular complexity index is 1230. The summed E-state index contributed by atoms with van der Waals surface area (Å²) in [6.07, 6.45) is 10.6. The first-order valence-corrected chi connectivity index (χ1v) is 15.5. The summed E-state index contributed by atoms with van der Waals surface area (Å²) in [5.41, 5.74) is 5.00. The maximum atomic E-state index is 9.92. The maximum absolute atomic E-state index is 9.92. The Labute approximate surface area is 238 Å². The molecule has 1 saturated heterocycles. The largest absolute Gasteiger partial charge is 0.508 e. The lowest BCUT2D eigenvalue weighted by Crippen LogP contribution is -2.26. The van der Waals surface area contributed by atoms with Crippen LogP contribution in [0.5, 0.6) is 17.2 Å². The van der Waals surface area contributed by atoms with Crippen molar-refractivity contribution >= 4 is 17.0 Å². The van der Waals surface area contributed by atoms with E-state index < -0.39 is 0 Å². The molecule has 2 aliphatic rings. The average Bonchev–Trinajstić information content (AvgIpc) is 3.22. The van der Waals surface area contributed by atoms with Gasteiger partial charge in [0.1, 0.15) is 5.75 Å². The number of rotatable bonds is 10. The Morgan fingerprint density at radius 3 is 2.46 bits per heavy atom. The number of hydrogen-bond acceptors (Lipinski definition) is 6. The van der Waals surface area contributed by atoms with E-state index in [1.54, 1.807) is 20.3 Å². The van der Waals surface area contributed by atoms with Crippen LogP contribution in [0, 0.1) is 0 Å². The second kappa shape index (κ2) is 13.1. The van der Waals surface area contributed by atoms with Crippen LogP contribution < -0.4 is 14.8 Å². The third kappa shape index (κ3) is 7.09. The summed E-state index contributed by atoms with van der Waals surface area (Å²) in [6.45, 7) is 5.99. The normalized spacial score (nSPS) is 18.7. The molecule has 2 aromatic carbocycles. The number of fused-ring (bicyclic) bond motifs is 1. The summed E-state index contributed by atoms with van der Waals surface area (Å²) in [5.74, 6) is 2.26. The van der Waals surface area contributed by atoms with Gasteiger partial charge in [-0.3, -0.25) is 0 Å². The van der Waals surface area contributed by atoms with Crippen LogP contribution in [0.3, 0.4) is 0 Å². The molecular weight excluding hydrogens is 504 g/mol. The van der Waals surface area contributed by atoms with Crippen LogP contribution in [0.15, 0.2) is 42.5 Å². The quantitative estimate of drug-likeness (QED) is 0.280. The molecule has 1 fully saturated rings. The summed E-state index contributed by atoms with van der Waals surface area (Å²) < 4.78 is 11.4. The SMILES string of the molecule is COc1cc(NC(C)Cc2ccc(CCN3CCCCCC3)s2)c(C2CCc3cc(O)ccc3C2)cc1OC. The molecule has 2 unspecified atom stereocenters. The lowest BCUT2D eigenvalue weighted by atomic mass is 9.79. The summed E-state index contributed by atoms with van der Waals surface area (Å²) in [5, 5.41) is 13.8. The van der Waals surface area contributed by atoms with Gasteiger partial charge in [-0.2, -0.15) is 0 Å². The highest BCUT2D eigenvalue weighted by Crippen LogP contribution is 2.42. The Balaban J connectivity index is 1.27. The number of aromatic hydroxyl groups is 1. The second-order valence-corrected chi connectivity index (χ2v) is 12.6. The van der Waals surface area contributed by atoms with Crippen LogP contribution in [0.4, 0.5) is 5.69 Å². The number of aryl methyl sites for hydroxylation is 1. The van der Waals surface area contributed by atoms with Gasteiger partial charge in [0.15, 0.2) is 11.5 Å². The number of likely N-dealkylation sites (tertiary alicyclic amines) is 1. The monoisotopic (exact) mass is 548 g/mol. The van der Waals surface area contributed by atoms with Gasteiger partial charge in [0.2, 0.25) is 0 Å². The highest BCUT2D eigenvalue weighted by molar-refractivity contribution is 7.12. The summed E-state index contributed by atoms with van der Waals surface area (Å²) in [6, 6.07) is 15.0. The summed E-state index contributed by atoms with van der Waals surface area (Å²) in [7, 11) is 3.41. The van der Waals surface area contributed by atoms with E-state index >= 15 is 0 Å². The number of thiophene rings is 1. The van der Waals surface area contributed by atoms with E-state index in [9.17, 15) is 5.11 Å². The van der Waals surface area contributed by atoms with Crippen LogP contribution in [0.1, 0.15) is 71.4 Å². The standard InChI is InChI=1S/C33H44N2O3S/c1-23(18-29-13-12-28(39-29)14-17-35-15-6-4-5-7-16-35)34-31-22-33(38-3)32(37-2)21-30(31)26-9-8-25-20-27(36)11-10-24(25)19-26/h10-13,20-23,26,34,36H,4-9,14-19H2,1-3H3. The van der Waals surface area contributed by atoms with E-state index in [-0.39, 0.29) is 6.04 Å². The first kappa shape index (κ1) is 27.9. The van der Waals surface area contributed by atoms with Crippen molar-refractivity contribution in [1.29, 1.82) is 0 Å². The Kier molecular flexibility index (Phi) is 9.36. The first-order valence-electron chi connectivity index (χ1n) is 14.7. The zero-order chi connectivity index (χ0) is 27.2. The van der Waals surface area contributed by atoms with Gasteiger partial charge in [-0.25, -0.2) is 0 Å². The minimum absolute atomic E-state index is 0.284. The van der Waals surface area contributed by atoms with Crippen molar-refractivity contribution < 1.29 is 14.6 Å². The fourth-order valence-corrected chi connectivity index (χ4v) is 7.41. The first-order chi connectivity index (χ1) is 19.0. The van der Waals surface area contributed by atoms with Gasteiger partial charge in [-0.1, -0.05) is 18.9 Å². The van der Waals surface area contributed by atoms with Gasteiger partial charge in [0, 0.05) is 40.5 Å². The molecule has 210 valence electrons. The molecule has 1 aromatic heterocycles. The number of phenolic OH excluding ortho intramolecular Hbond substituents is 1. The predicted octanol–water partition coefficient (Wildman–Crippen LogP) is 7.21. The molecule has 0 radical (unpaired) electrons. The van der Waals surface area contributed by atoms with Crippen molar-refractivity contribution in [1.82, 2.24) is 4.90 Å². The fourth-order valence-electron chi connectivity index (χ4n) is 6.28. The summed E-state index contributed by atoms with van der Waals surface area (Å²) in [4.78, 5) is 5.59. The van der Waals surface area contributed by atoms with E-state index in [2.05, 4.69) is 47.5 Å². The third-order valence-electron chi connectivity index (χ3n) is 8.41. The number of phenols is 1. The number of anilines is 1. The van der Waals surface area contributed by atoms with Crippen LogP contribution >= 0.6 is 11.3 Å². The van der Waals surface area contributed by atoms with Gasteiger partial charge in [0.25, 0.3) is 0 Å². The smallest absolute Gasteiger partial charge is 0.162 e. The van der Waals surface area contributed by atoms with E-state index in [0.29, 0.717) is 11.7 Å². The molecule has 39 heavy (non-hydrogen) atoms. The third-order valence-corrected chi connectivity index (χ3v) is 9.58. The van der Waals surface area contributed by atoms with Crippen molar-refractivity contribution in [3.63, 3.8) is 0 Å². The van der Waals surface area contributed by atoms with E-state index in [4.69, 9.17) is 9.47 Å². The minimum atomic E-state index is 0.284. The maximum Gasteiger partial charge on any atom is 0.162 e. The number of benzene rings is 2. The number of nitrogens with zero attached hydrogens (tertiary/aromatic N) is 1. The summed E-state index contributed by atoms with van der Waals surface area (Å²) >= 11 is 1.97. The molecule has 2 heterocycles. The van der Waals surface area contributed by atoms with E-state index in [1.807, 2.05) is 17.4 Å². The molecule has 0 spiro atoms. The van der Waals surface area contributed by atoms with Crippen molar-refractivity contribution in [3.8, 4) is 17.2 Å². The molecule has 1 aliphatic heterocycles. The highest BCUT2D eigenvalue weighted by Gasteiger charge is 2.25. The second-order valence-electron chi connectivity index (χ2n) is 11.3. The number of methoxy groups -OCH3 is 2. The van der Waals surface area contributed by atoms with Crippen molar-refractivity contribution in [2.75, 3.05) is 39.2 Å². The van der Waals surface area contributed by atoms with Gasteiger partial charge in [-0.15, -0.1) is 11.3 Å². The average molecular weight is 549 g/mol. The molecule has 0 saturated carbocycles. The molecular formula is C33H44N2O3S. The van der Waals surface area contributed by atoms with Crippen molar-refractivity contribution in [3.05, 3.63) is 68.9 Å². The molecule has 5 nitrogen and oxygen atoms in total. The van der Waals surface area contributed by atoms with Crippen LogP contribution in [-0.2, 0) is 25.7 Å². The molecule has 6 heteroatoms. The van der Waals surface area contributed by atoms with Crippen LogP contribution in [0.2, 0.25) is 0 Å². The molecule has 2 N–H and O–H groups in total. The molecule has 5 rings (SSSR count). The minimum Gasteiger partial charge on any atom is -0.508 e. The Morgan fingerprint density at radius 2 is 1.69 bits per heavy atom. The topological polar surface area (TPSA) is 54.0 Å². The van der Waals surface area contributed by atoms with Crippen molar-refractivity contribution in [2.45, 2.75) is 76.7 Å². The van der Waals surface area contributed by atoms with Crippen LogP contribution in [-0.4, -0.2) is 49.9 Å². The lowest BCUT2D eigenvalue weighted by molar-refractivity contribution is 0.289. The van der Waals surface area contributed by atoms with Gasteiger partial charge < -0.3 is 24.8 Å². The molecule has 3 aromatic rings. The molecule has 1 aliphatic carbocycles. The highest BCUT2D eigenvalue weighted by atomic mass is 32.1. The Morgan fingerprint density at radius 1 is 0.949 bits per heavy atom. The fraction of sp³-hybridized carbons (Fsp3) is 0.515. The molecule has 0 bridgehead atoms. The predicted molar refractivity (Wildman–Crippen MR) is 162 cm³/mol.